The van der Waals surface area contributed by atoms with Gasteiger partial charge in [0.05, 0.1) is 11.8 Å². The molecule has 1 fully saturated rings. The Hall–Kier alpha value is -1.46. The van der Waals surface area contributed by atoms with Crippen LogP contribution in [0.3, 0.4) is 0 Å². The lowest BCUT2D eigenvalue weighted by atomic mass is 9.97. The van der Waals surface area contributed by atoms with Crippen molar-refractivity contribution in [1.82, 2.24) is 4.90 Å². The van der Waals surface area contributed by atoms with Crippen LogP contribution in [0.4, 0.5) is 10.1 Å². The van der Waals surface area contributed by atoms with Crippen molar-refractivity contribution in [3.63, 3.8) is 0 Å². The molecule has 0 spiro atoms. The third kappa shape index (κ3) is 4.88. The standard InChI is InChI=1S/C22H33FN2O2/c1-4-13-27-19-9-11-24(12-10-19)14-16(2)15-25-20(26)8-7-18-6-5-17(3)21(23)22(18)25/h5-6,16,19H,4,7-15H2,1-3H3. The number of anilines is 1. The summed E-state index contributed by atoms with van der Waals surface area (Å²) in [6.07, 6.45) is 4.73. The number of nitrogens with zero attached hydrogens (tertiary/aromatic N) is 2. The van der Waals surface area contributed by atoms with Gasteiger partial charge in [-0.15, -0.1) is 0 Å². The van der Waals surface area contributed by atoms with Crippen LogP contribution < -0.4 is 4.90 Å². The number of fused-ring (bicyclic) bond motifs is 1. The van der Waals surface area contributed by atoms with E-state index in [1.54, 1.807) is 11.8 Å². The first-order chi connectivity index (χ1) is 13.0. The van der Waals surface area contributed by atoms with Gasteiger partial charge in [0.25, 0.3) is 0 Å². The van der Waals surface area contributed by atoms with Gasteiger partial charge >= 0.3 is 0 Å². The first-order valence-electron chi connectivity index (χ1n) is 10.4. The molecule has 1 aromatic rings. The molecule has 1 atom stereocenters. The quantitative estimate of drug-likeness (QED) is 0.723. The molecule has 3 rings (SSSR count). The molecule has 0 aliphatic carbocycles. The van der Waals surface area contributed by atoms with Crippen molar-refractivity contribution in [2.24, 2.45) is 5.92 Å². The van der Waals surface area contributed by atoms with Gasteiger partial charge in [0.2, 0.25) is 5.91 Å². The Bertz CT molecular complexity index is 656. The molecule has 1 aromatic carbocycles. The Balaban J connectivity index is 1.58. The summed E-state index contributed by atoms with van der Waals surface area (Å²) >= 11 is 0. The minimum Gasteiger partial charge on any atom is -0.378 e. The van der Waals surface area contributed by atoms with E-state index in [1.165, 1.54) is 0 Å². The number of rotatable bonds is 7. The molecule has 4 nitrogen and oxygen atoms in total. The monoisotopic (exact) mass is 376 g/mol. The number of amides is 1. The largest absolute Gasteiger partial charge is 0.378 e. The van der Waals surface area contributed by atoms with E-state index in [0.29, 0.717) is 42.7 Å². The molecule has 5 heteroatoms. The number of carbonyl (C=O) groups excluding carboxylic acids is 1. The van der Waals surface area contributed by atoms with Crippen LogP contribution in [-0.4, -0.2) is 49.7 Å². The normalized spacial score (nSPS) is 20.0. The smallest absolute Gasteiger partial charge is 0.227 e. The SMILES string of the molecule is CCCOC1CCN(CC(C)CN2C(=O)CCc3ccc(C)c(F)c32)CC1. The Morgan fingerprint density at radius 1 is 1.22 bits per heavy atom. The second-order valence-electron chi connectivity index (χ2n) is 8.18. The maximum Gasteiger partial charge on any atom is 0.227 e. The van der Waals surface area contributed by atoms with E-state index in [2.05, 4.69) is 18.7 Å². The molecule has 0 saturated carbocycles. The van der Waals surface area contributed by atoms with Crippen LogP contribution in [0.1, 0.15) is 50.7 Å². The predicted molar refractivity (Wildman–Crippen MR) is 107 cm³/mol. The second-order valence-corrected chi connectivity index (χ2v) is 8.18. The van der Waals surface area contributed by atoms with Crippen molar-refractivity contribution in [2.45, 2.75) is 59.0 Å². The van der Waals surface area contributed by atoms with Gasteiger partial charge in [0.15, 0.2) is 0 Å². The van der Waals surface area contributed by atoms with Crippen molar-refractivity contribution in [3.05, 3.63) is 29.1 Å². The summed E-state index contributed by atoms with van der Waals surface area (Å²) in [5, 5.41) is 0. The first-order valence-corrected chi connectivity index (χ1v) is 10.4. The highest BCUT2D eigenvalue weighted by atomic mass is 19.1. The van der Waals surface area contributed by atoms with Crippen LogP contribution in [-0.2, 0) is 16.0 Å². The average Bonchev–Trinajstić information content (AvgIpc) is 2.66. The van der Waals surface area contributed by atoms with Crippen LogP contribution in [0, 0.1) is 18.7 Å². The highest BCUT2D eigenvalue weighted by Crippen LogP contribution is 2.33. The van der Waals surface area contributed by atoms with E-state index < -0.39 is 0 Å². The van der Waals surface area contributed by atoms with Gasteiger partial charge in [-0.25, -0.2) is 4.39 Å². The molecule has 0 radical (unpaired) electrons. The van der Waals surface area contributed by atoms with Crippen LogP contribution >= 0.6 is 0 Å². The number of likely N-dealkylation sites (tertiary alicyclic amines) is 1. The van der Waals surface area contributed by atoms with Crippen LogP contribution in [0.2, 0.25) is 0 Å². The molecule has 0 N–H and O–H groups in total. The average molecular weight is 377 g/mol. The molecule has 0 bridgehead atoms. The number of piperidine rings is 1. The molecule has 2 aliphatic heterocycles. The van der Waals surface area contributed by atoms with E-state index >= 15 is 0 Å². The summed E-state index contributed by atoms with van der Waals surface area (Å²) in [6, 6.07) is 3.79. The van der Waals surface area contributed by atoms with Crippen LogP contribution in [0.5, 0.6) is 0 Å². The lowest BCUT2D eigenvalue weighted by Crippen LogP contribution is -2.44. The summed E-state index contributed by atoms with van der Waals surface area (Å²) in [4.78, 5) is 16.7. The van der Waals surface area contributed by atoms with E-state index in [9.17, 15) is 9.18 Å². The fourth-order valence-electron chi connectivity index (χ4n) is 4.25. The number of hydrogen-bond donors (Lipinski definition) is 0. The molecule has 1 saturated heterocycles. The summed E-state index contributed by atoms with van der Waals surface area (Å²) in [6.45, 7) is 10.5. The van der Waals surface area contributed by atoms with Crippen molar-refractivity contribution in [3.8, 4) is 0 Å². The zero-order valence-electron chi connectivity index (χ0n) is 17.0. The highest BCUT2D eigenvalue weighted by Gasteiger charge is 2.30. The molecule has 1 amide bonds. The van der Waals surface area contributed by atoms with Crippen LogP contribution in [0.15, 0.2) is 12.1 Å². The second kappa shape index (κ2) is 9.16. The maximum atomic E-state index is 14.7. The summed E-state index contributed by atoms with van der Waals surface area (Å²) in [7, 11) is 0. The van der Waals surface area contributed by atoms with Gasteiger partial charge < -0.3 is 14.5 Å². The number of halogens is 1. The zero-order chi connectivity index (χ0) is 19.4. The number of carbonyl (C=O) groups is 1. The minimum atomic E-state index is -0.235. The Morgan fingerprint density at radius 3 is 2.67 bits per heavy atom. The number of hydrogen-bond acceptors (Lipinski definition) is 3. The van der Waals surface area contributed by atoms with Gasteiger partial charge in [0, 0.05) is 39.2 Å². The molecule has 2 aliphatic rings. The Morgan fingerprint density at radius 2 is 1.96 bits per heavy atom. The number of benzene rings is 1. The zero-order valence-corrected chi connectivity index (χ0v) is 17.0. The van der Waals surface area contributed by atoms with Gasteiger partial charge in [0.1, 0.15) is 5.82 Å². The van der Waals surface area contributed by atoms with Gasteiger partial charge in [-0.3, -0.25) is 4.79 Å². The van der Waals surface area contributed by atoms with Gasteiger partial charge in [-0.1, -0.05) is 26.0 Å². The fourth-order valence-corrected chi connectivity index (χ4v) is 4.25. The number of aryl methyl sites for hydroxylation is 2. The van der Waals surface area contributed by atoms with E-state index in [0.717, 1.165) is 51.1 Å². The summed E-state index contributed by atoms with van der Waals surface area (Å²) < 4.78 is 20.6. The third-order valence-electron chi connectivity index (χ3n) is 5.73. The fraction of sp³-hybridized carbons (Fsp3) is 0.682. The maximum absolute atomic E-state index is 14.7. The Kier molecular flexibility index (Phi) is 6.88. The van der Waals surface area contributed by atoms with Crippen molar-refractivity contribution in [1.29, 1.82) is 0 Å². The Labute approximate surface area is 162 Å². The topological polar surface area (TPSA) is 32.8 Å². The minimum absolute atomic E-state index is 0.0468. The van der Waals surface area contributed by atoms with E-state index in [4.69, 9.17) is 4.74 Å². The first kappa shape index (κ1) is 20.3. The number of ether oxygens (including phenoxy) is 1. The van der Waals surface area contributed by atoms with Crippen LogP contribution in [0.25, 0.3) is 0 Å². The molecule has 150 valence electrons. The van der Waals surface area contributed by atoms with Gasteiger partial charge in [-0.2, -0.15) is 0 Å². The molecule has 0 aromatic heterocycles. The van der Waals surface area contributed by atoms with E-state index in [1.807, 2.05) is 12.1 Å². The van der Waals surface area contributed by atoms with E-state index in [-0.39, 0.29) is 11.7 Å². The summed E-state index contributed by atoms with van der Waals surface area (Å²) in [5.74, 6) is 0.111. The third-order valence-corrected chi connectivity index (χ3v) is 5.73. The lowest BCUT2D eigenvalue weighted by Gasteiger charge is -2.36. The lowest BCUT2D eigenvalue weighted by molar-refractivity contribution is -0.119. The molecular formula is C22H33FN2O2. The summed E-state index contributed by atoms with van der Waals surface area (Å²) in [5.41, 5.74) is 2.08. The van der Waals surface area contributed by atoms with Gasteiger partial charge in [-0.05, 0) is 49.7 Å². The van der Waals surface area contributed by atoms with Crippen molar-refractivity contribution < 1.29 is 13.9 Å². The molecular weight excluding hydrogens is 343 g/mol. The van der Waals surface area contributed by atoms with Crippen molar-refractivity contribution in [2.75, 3.05) is 37.7 Å². The molecule has 2 heterocycles. The highest BCUT2D eigenvalue weighted by molar-refractivity contribution is 5.96. The molecule has 27 heavy (non-hydrogen) atoms. The predicted octanol–water partition coefficient (Wildman–Crippen LogP) is 3.94. The molecule has 1 unspecified atom stereocenters. The van der Waals surface area contributed by atoms with Crippen molar-refractivity contribution >= 4 is 11.6 Å².